The second-order valence-electron chi connectivity index (χ2n) is 5.47. The van der Waals surface area contributed by atoms with Crippen molar-refractivity contribution in [3.8, 4) is 0 Å². The van der Waals surface area contributed by atoms with Crippen molar-refractivity contribution in [1.29, 1.82) is 0 Å². The second kappa shape index (κ2) is 5.52. The Morgan fingerprint density at radius 1 is 1.12 bits per heavy atom. The first kappa shape index (κ1) is 12.4. The lowest BCUT2D eigenvalue weighted by Crippen LogP contribution is -2.18. The fraction of sp³-hybridized carbons (Fsp3) is 0.600. The highest BCUT2D eigenvalue weighted by Gasteiger charge is 2.16. The van der Waals surface area contributed by atoms with Crippen LogP contribution in [-0.4, -0.2) is 6.04 Å². The average Bonchev–Trinajstić information content (AvgIpc) is 2.42. The zero-order chi connectivity index (χ0) is 12.3. The average molecular weight is 235 g/mol. The van der Waals surface area contributed by atoms with Gasteiger partial charge in [-0.05, 0) is 55.9 Å². The first-order valence-electron chi connectivity index (χ1n) is 6.67. The van der Waals surface area contributed by atoms with Crippen LogP contribution in [0.25, 0.3) is 0 Å². The summed E-state index contributed by atoms with van der Waals surface area (Å²) in [6.45, 7) is 4.26. The van der Waals surface area contributed by atoms with Gasteiger partial charge in [-0.2, -0.15) is 0 Å². The van der Waals surface area contributed by atoms with Crippen molar-refractivity contribution < 1.29 is 4.39 Å². The van der Waals surface area contributed by atoms with Gasteiger partial charge in [0.05, 0.1) is 0 Å². The van der Waals surface area contributed by atoms with Gasteiger partial charge in [-0.1, -0.05) is 19.8 Å². The molecule has 1 nitrogen and oxygen atoms in total. The molecule has 0 saturated heterocycles. The number of benzene rings is 1. The molecule has 1 saturated carbocycles. The van der Waals surface area contributed by atoms with Crippen LogP contribution in [0.15, 0.2) is 18.2 Å². The Morgan fingerprint density at radius 3 is 2.71 bits per heavy atom. The number of anilines is 1. The van der Waals surface area contributed by atoms with Crippen LogP contribution in [0.3, 0.4) is 0 Å². The van der Waals surface area contributed by atoms with Crippen LogP contribution in [-0.2, 0) is 0 Å². The van der Waals surface area contributed by atoms with Gasteiger partial charge >= 0.3 is 0 Å². The van der Waals surface area contributed by atoms with Gasteiger partial charge in [-0.15, -0.1) is 0 Å². The summed E-state index contributed by atoms with van der Waals surface area (Å²) in [7, 11) is 0. The van der Waals surface area contributed by atoms with Gasteiger partial charge in [0.2, 0.25) is 0 Å². The van der Waals surface area contributed by atoms with Crippen molar-refractivity contribution >= 4 is 5.69 Å². The van der Waals surface area contributed by atoms with Crippen molar-refractivity contribution in [3.63, 3.8) is 0 Å². The molecule has 0 aliphatic heterocycles. The van der Waals surface area contributed by atoms with E-state index in [1.165, 1.54) is 32.1 Å². The Balaban J connectivity index is 1.99. The zero-order valence-electron chi connectivity index (χ0n) is 10.8. The molecule has 0 bridgehead atoms. The maximum Gasteiger partial charge on any atom is 0.125 e. The summed E-state index contributed by atoms with van der Waals surface area (Å²) in [5.74, 6) is 0.700. The summed E-state index contributed by atoms with van der Waals surface area (Å²) in [4.78, 5) is 0. The van der Waals surface area contributed by atoms with Gasteiger partial charge in [0.1, 0.15) is 5.82 Å². The summed E-state index contributed by atoms with van der Waals surface area (Å²) >= 11 is 0. The molecule has 17 heavy (non-hydrogen) atoms. The molecule has 1 aliphatic rings. The van der Waals surface area contributed by atoms with E-state index in [1.807, 2.05) is 13.0 Å². The Labute approximate surface area is 103 Å². The Kier molecular flexibility index (Phi) is 4.03. The van der Waals surface area contributed by atoms with E-state index in [-0.39, 0.29) is 5.82 Å². The standard InChI is InChI=1S/C15H22FN/c1-11-4-3-5-14(7-6-11)17-15-9-12(2)8-13(16)10-15/h8-11,14,17H,3-7H2,1-2H3. The second-order valence-corrected chi connectivity index (χ2v) is 5.47. The summed E-state index contributed by atoms with van der Waals surface area (Å²) in [5.41, 5.74) is 1.91. The fourth-order valence-electron chi connectivity index (χ4n) is 2.69. The zero-order valence-corrected chi connectivity index (χ0v) is 10.8. The highest BCUT2D eigenvalue weighted by Crippen LogP contribution is 2.25. The third-order valence-corrected chi connectivity index (χ3v) is 3.67. The topological polar surface area (TPSA) is 12.0 Å². The van der Waals surface area contributed by atoms with E-state index in [0.717, 1.165) is 17.2 Å². The lowest BCUT2D eigenvalue weighted by molar-refractivity contribution is 0.502. The highest BCUT2D eigenvalue weighted by molar-refractivity contribution is 5.46. The predicted octanol–water partition coefficient (Wildman–Crippen LogP) is 4.51. The molecule has 1 fully saturated rings. The summed E-state index contributed by atoms with van der Waals surface area (Å²) < 4.78 is 13.3. The molecule has 1 aromatic carbocycles. The molecule has 2 unspecified atom stereocenters. The minimum atomic E-state index is -0.144. The van der Waals surface area contributed by atoms with E-state index >= 15 is 0 Å². The van der Waals surface area contributed by atoms with Gasteiger partial charge in [-0.3, -0.25) is 0 Å². The van der Waals surface area contributed by atoms with E-state index in [4.69, 9.17) is 0 Å². The van der Waals surface area contributed by atoms with E-state index in [1.54, 1.807) is 12.1 Å². The van der Waals surface area contributed by atoms with Gasteiger partial charge in [0.25, 0.3) is 0 Å². The molecule has 0 amide bonds. The van der Waals surface area contributed by atoms with Crippen LogP contribution >= 0.6 is 0 Å². The molecule has 2 rings (SSSR count). The van der Waals surface area contributed by atoms with Gasteiger partial charge in [0, 0.05) is 11.7 Å². The van der Waals surface area contributed by atoms with Crippen molar-refractivity contribution in [3.05, 3.63) is 29.6 Å². The molecule has 0 radical (unpaired) electrons. The van der Waals surface area contributed by atoms with Gasteiger partial charge < -0.3 is 5.32 Å². The molecule has 0 heterocycles. The molecule has 1 N–H and O–H groups in total. The molecule has 2 atom stereocenters. The van der Waals surface area contributed by atoms with Crippen molar-refractivity contribution in [2.75, 3.05) is 5.32 Å². The van der Waals surface area contributed by atoms with Crippen molar-refractivity contribution in [2.45, 2.75) is 52.0 Å². The SMILES string of the molecule is Cc1cc(F)cc(NC2CCCC(C)CC2)c1. The number of nitrogens with one attached hydrogen (secondary N) is 1. The minimum Gasteiger partial charge on any atom is -0.382 e. The smallest absolute Gasteiger partial charge is 0.125 e. The summed E-state index contributed by atoms with van der Waals surface area (Å²) in [6, 6.07) is 5.71. The van der Waals surface area contributed by atoms with E-state index in [0.29, 0.717) is 6.04 Å². The first-order chi connectivity index (χ1) is 8.13. The van der Waals surface area contributed by atoms with Crippen LogP contribution in [0.5, 0.6) is 0 Å². The predicted molar refractivity (Wildman–Crippen MR) is 70.8 cm³/mol. The van der Waals surface area contributed by atoms with Crippen LogP contribution in [0, 0.1) is 18.7 Å². The fourth-order valence-corrected chi connectivity index (χ4v) is 2.69. The molecule has 2 heteroatoms. The minimum absolute atomic E-state index is 0.144. The lowest BCUT2D eigenvalue weighted by Gasteiger charge is -2.18. The number of aryl methyl sites for hydroxylation is 1. The Hall–Kier alpha value is -1.05. The Morgan fingerprint density at radius 2 is 1.94 bits per heavy atom. The van der Waals surface area contributed by atoms with E-state index < -0.39 is 0 Å². The Bertz CT molecular complexity index is 355. The van der Waals surface area contributed by atoms with Crippen LogP contribution in [0.1, 0.15) is 44.6 Å². The van der Waals surface area contributed by atoms with Gasteiger partial charge in [0.15, 0.2) is 0 Å². The van der Waals surface area contributed by atoms with Crippen LogP contribution in [0.4, 0.5) is 10.1 Å². The molecule has 0 aromatic heterocycles. The van der Waals surface area contributed by atoms with Crippen molar-refractivity contribution in [2.24, 2.45) is 5.92 Å². The highest BCUT2D eigenvalue weighted by atomic mass is 19.1. The van der Waals surface area contributed by atoms with Crippen molar-refractivity contribution in [1.82, 2.24) is 0 Å². The summed E-state index contributed by atoms with van der Waals surface area (Å²) in [5, 5.41) is 3.48. The van der Waals surface area contributed by atoms with Crippen LogP contribution < -0.4 is 5.32 Å². The third kappa shape index (κ3) is 3.72. The van der Waals surface area contributed by atoms with E-state index in [9.17, 15) is 4.39 Å². The van der Waals surface area contributed by atoms with Crippen LogP contribution in [0.2, 0.25) is 0 Å². The first-order valence-corrected chi connectivity index (χ1v) is 6.67. The maximum atomic E-state index is 13.3. The lowest BCUT2D eigenvalue weighted by atomic mass is 10.0. The molecule has 94 valence electrons. The maximum absolute atomic E-state index is 13.3. The molecule has 1 aliphatic carbocycles. The number of halogens is 1. The molecule has 1 aromatic rings. The van der Waals surface area contributed by atoms with E-state index in [2.05, 4.69) is 12.2 Å². The molecule has 0 spiro atoms. The monoisotopic (exact) mass is 235 g/mol. The number of hydrogen-bond donors (Lipinski definition) is 1. The third-order valence-electron chi connectivity index (χ3n) is 3.67. The molecular weight excluding hydrogens is 213 g/mol. The largest absolute Gasteiger partial charge is 0.382 e. The number of hydrogen-bond acceptors (Lipinski definition) is 1. The summed E-state index contributed by atoms with van der Waals surface area (Å²) in [6.07, 6.45) is 6.32. The quantitative estimate of drug-likeness (QED) is 0.743. The molecular formula is C15H22FN. The normalized spacial score (nSPS) is 25.4. The number of rotatable bonds is 2. The van der Waals surface area contributed by atoms with Gasteiger partial charge in [-0.25, -0.2) is 4.39 Å².